The van der Waals surface area contributed by atoms with Crippen molar-refractivity contribution in [1.82, 2.24) is 5.31 Å². The van der Waals surface area contributed by atoms with Gasteiger partial charge in [-0.15, -0.1) is 0 Å². The Bertz CT molecular complexity index is 524. The van der Waals surface area contributed by atoms with Gasteiger partial charge < -0.3 is 20.5 Å². The molecule has 0 saturated carbocycles. The summed E-state index contributed by atoms with van der Waals surface area (Å²) in [5, 5.41) is -0.309. The van der Waals surface area contributed by atoms with E-state index in [1.54, 1.807) is 6.92 Å². The van der Waals surface area contributed by atoms with Crippen molar-refractivity contribution in [2.24, 2.45) is 11.1 Å². The molecule has 0 bridgehead atoms. The van der Waals surface area contributed by atoms with Crippen LogP contribution in [0.15, 0.2) is 0 Å². The van der Waals surface area contributed by atoms with Crippen molar-refractivity contribution in [3.63, 3.8) is 0 Å². The highest BCUT2D eigenvalue weighted by molar-refractivity contribution is 5.67. The van der Waals surface area contributed by atoms with Crippen LogP contribution >= 0.6 is 0 Å². The largest absolute Gasteiger partial charge is 0.449 e. The molecule has 0 aliphatic rings. The minimum absolute atomic E-state index is 0.0700. The third-order valence-corrected chi connectivity index (χ3v) is 1.95. The van der Waals surface area contributed by atoms with Gasteiger partial charge in [0.15, 0.2) is 1.41 Å². The number of hydrogen-bond acceptors (Lipinski definition) is 4. The summed E-state index contributed by atoms with van der Waals surface area (Å²) in [4.78, 5) is 23.0. The van der Waals surface area contributed by atoms with Gasteiger partial charge in [0.05, 0.1) is 2.74 Å². The van der Waals surface area contributed by atoms with Gasteiger partial charge in [-0.1, -0.05) is 20.3 Å². The number of nitrogens with two attached hydrogens (primary N) is 1. The SMILES string of the molecule is [2H]N(C(=O)OCC(C)(CCC)C([2H])([2H])OC(N)=O)C(C([2H])([2H])[2H])C([2H])([2H])[2H]. The molecule has 0 aliphatic heterocycles. The molecule has 2 amide bonds. The first kappa shape index (κ1) is 6.63. The van der Waals surface area contributed by atoms with Gasteiger partial charge in [-0.3, -0.25) is 0 Å². The zero-order valence-electron chi connectivity index (χ0n) is 19.4. The summed E-state index contributed by atoms with van der Waals surface area (Å²) in [5.41, 5.74) is 3.26. The number of amides is 2. The Labute approximate surface area is 121 Å². The van der Waals surface area contributed by atoms with Crippen LogP contribution in [0.3, 0.4) is 0 Å². The lowest BCUT2D eigenvalue weighted by atomic mass is 9.87. The zero-order valence-corrected chi connectivity index (χ0v) is 10.4. The standard InChI is InChI=1S/C12H24N2O4/c1-5-6-12(4,7-17-10(13)15)8-18-11(16)14-9(2)3/h9H,5-8H2,1-4H3,(H2,13,15)(H,14,16)/i2D3,3D3,7D2/hD. The van der Waals surface area contributed by atoms with Crippen molar-refractivity contribution < 1.29 is 31.4 Å². The number of carbonyl (C=O) groups is 2. The van der Waals surface area contributed by atoms with Gasteiger partial charge in [-0.25, -0.2) is 9.59 Å². The zero-order chi connectivity index (χ0) is 21.8. The van der Waals surface area contributed by atoms with E-state index in [0.717, 1.165) is 0 Å². The molecule has 3 N–H and O–H groups in total. The number of primary amides is 1. The predicted molar refractivity (Wildman–Crippen MR) is 68.2 cm³/mol. The van der Waals surface area contributed by atoms with Crippen molar-refractivity contribution in [1.29, 1.82) is 0 Å². The Kier molecular flexibility index (Phi) is 2.87. The summed E-state index contributed by atoms with van der Waals surface area (Å²) in [7, 11) is 0. The first-order valence-corrected chi connectivity index (χ1v) is 5.32. The summed E-state index contributed by atoms with van der Waals surface area (Å²) in [6.07, 6.45) is -2.52. The van der Waals surface area contributed by atoms with Crippen LogP contribution in [0.4, 0.5) is 9.59 Å². The van der Waals surface area contributed by atoms with E-state index < -0.39 is 50.5 Å². The molecule has 0 aliphatic carbocycles. The molecule has 1 unspecified atom stereocenters. The molecule has 0 aromatic heterocycles. The van der Waals surface area contributed by atoms with E-state index >= 15 is 0 Å². The molecule has 0 rings (SSSR count). The molecule has 106 valence electrons. The Morgan fingerprint density at radius 1 is 1.56 bits per heavy atom. The van der Waals surface area contributed by atoms with Gasteiger partial charge in [0.2, 0.25) is 0 Å². The van der Waals surface area contributed by atoms with Crippen LogP contribution < -0.4 is 11.0 Å². The lowest BCUT2D eigenvalue weighted by Crippen LogP contribution is -2.37. The fraction of sp³-hybridized carbons (Fsp3) is 0.833. The number of hydrogen-bond donors (Lipinski definition) is 2. The van der Waals surface area contributed by atoms with E-state index in [2.05, 4.69) is 4.74 Å². The minimum atomic E-state index is -3.18. The average molecular weight is 269 g/mol. The molecule has 0 aromatic rings. The second-order valence-electron chi connectivity index (χ2n) is 3.92. The Morgan fingerprint density at radius 2 is 2.22 bits per heavy atom. The highest BCUT2D eigenvalue weighted by atomic mass is 16.6. The molecule has 0 aromatic carbocycles. The van der Waals surface area contributed by atoms with Gasteiger partial charge in [0.25, 0.3) is 0 Å². The minimum Gasteiger partial charge on any atom is -0.449 e. The monoisotopic (exact) mass is 269 g/mol. The molecule has 0 spiro atoms. The average Bonchev–Trinajstić information content (AvgIpc) is 2.40. The maximum Gasteiger partial charge on any atom is 0.407 e. The smallest absolute Gasteiger partial charge is 0.407 e. The van der Waals surface area contributed by atoms with Crippen molar-refractivity contribution >= 4 is 12.2 Å². The van der Waals surface area contributed by atoms with E-state index in [-0.39, 0.29) is 11.7 Å². The van der Waals surface area contributed by atoms with Crippen molar-refractivity contribution in [3.05, 3.63) is 0 Å². The van der Waals surface area contributed by atoms with Gasteiger partial charge in [0.1, 0.15) is 13.2 Å². The molecule has 18 heavy (non-hydrogen) atoms. The third kappa shape index (κ3) is 7.76. The van der Waals surface area contributed by atoms with E-state index in [4.69, 9.17) is 22.8 Å². The Balaban J connectivity index is 5.44. The third-order valence-electron chi connectivity index (χ3n) is 1.95. The number of nitrogens with one attached hydrogen (secondary N) is 1. The van der Waals surface area contributed by atoms with Crippen LogP contribution in [0.2, 0.25) is 1.41 Å². The normalized spacial score (nSPS) is 23.4. The molecular formula is C12H24N2O4. The second-order valence-corrected chi connectivity index (χ2v) is 3.92. The maximum atomic E-state index is 12.0. The first-order chi connectivity index (χ1) is 11.9. The van der Waals surface area contributed by atoms with Crippen molar-refractivity contribution in [2.75, 3.05) is 13.2 Å². The quantitative estimate of drug-likeness (QED) is 0.739. The van der Waals surface area contributed by atoms with Crippen LogP contribution in [0.25, 0.3) is 0 Å². The molecule has 0 radical (unpaired) electrons. The van der Waals surface area contributed by atoms with E-state index in [1.807, 2.05) is 0 Å². The molecule has 0 saturated heterocycles. The van der Waals surface area contributed by atoms with Crippen LogP contribution in [-0.4, -0.2) is 31.4 Å². The van der Waals surface area contributed by atoms with E-state index in [0.29, 0.717) is 6.42 Å². The number of alkyl carbamates (subject to hydrolysis) is 1. The van der Waals surface area contributed by atoms with Gasteiger partial charge >= 0.3 is 12.2 Å². The molecule has 6 heteroatoms. The Morgan fingerprint density at radius 3 is 2.72 bits per heavy atom. The lowest BCUT2D eigenvalue weighted by Gasteiger charge is -2.27. The van der Waals surface area contributed by atoms with Crippen LogP contribution in [-0.2, 0) is 9.47 Å². The maximum absolute atomic E-state index is 12.0. The van der Waals surface area contributed by atoms with E-state index in [9.17, 15) is 9.59 Å². The molecular weight excluding hydrogens is 236 g/mol. The summed E-state index contributed by atoms with van der Waals surface area (Å²) in [6, 6.07) is -2.44. The van der Waals surface area contributed by atoms with Gasteiger partial charge in [0, 0.05) is 19.7 Å². The van der Waals surface area contributed by atoms with Crippen LogP contribution in [0, 0.1) is 5.41 Å². The first-order valence-electron chi connectivity index (χ1n) is 9.77. The van der Waals surface area contributed by atoms with E-state index in [1.165, 1.54) is 6.92 Å². The second kappa shape index (κ2) is 7.79. The summed E-state index contributed by atoms with van der Waals surface area (Å²) in [5.74, 6) is 0. The van der Waals surface area contributed by atoms with Crippen molar-refractivity contribution in [3.8, 4) is 0 Å². The highest BCUT2D eigenvalue weighted by Crippen LogP contribution is 2.24. The Hall–Kier alpha value is -1.46. The molecule has 0 heterocycles. The highest BCUT2D eigenvalue weighted by Gasteiger charge is 2.27. The number of rotatable bonds is 7. The lowest BCUT2D eigenvalue weighted by molar-refractivity contribution is 0.0333. The molecule has 0 fully saturated rings. The summed E-state index contributed by atoms with van der Waals surface area (Å²) >= 11 is 0. The number of carbonyl (C=O) groups excluding carboxylic acids is 2. The summed E-state index contributed by atoms with van der Waals surface area (Å²) < 4.78 is 75.9. The fourth-order valence-corrected chi connectivity index (χ4v) is 1.24. The van der Waals surface area contributed by atoms with Crippen LogP contribution in [0.1, 0.15) is 51.4 Å². The molecule has 1 atom stereocenters. The predicted octanol–water partition coefficient (Wildman–Crippen LogP) is 2.02. The summed E-state index contributed by atoms with van der Waals surface area (Å²) in [6.45, 7) is -6.73. The number of ether oxygens (including phenoxy) is 2. The van der Waals surface area contributed by atoms with Crippen molar-refractivity contribution in [2.45, 2.75) is 46.4 Å². The van der Waals surface area contributed by atoms with Gasteiger partial charge in [-0.2, -0.15) is 0 Å². The molecule has 6 nitrogen and oxygen atoms in total. The van der Waals surface area contributed by atoms with Crippen LogP contribution in [0.5, 0.6) is 0 Å². The van der Waals surface area contributed by atoms with Gasteiger partial charge in [-0.05, 0) is 20.1 Å². The topological polar surface area (TPSA) is 90.7 Å². The fourth-order valence-electron chi connectivity index (χ4n) is 1.24.